The van der Waals surface area contributed by atoms with Crippen molar-refractivity contribution in [2.75, 3.05) is 6.61 Å². The Morgan fingerprint density at radius 1 is 1.58 bits per heavy atom. The van der Waals surface area contributed by atoms with Gasteiger partial charge in [-0.25, -0.2) is 14.5 Å². The van der Waals surface area contributed by atoms with E-state index in [1.54, 1.807) is 13.0 Å². The molecule has 0 unspecified atom stereocenters. The normalized spacial score (nSPS) is 9.89. The van der Waals surface area contributed by atoms with Gasteiger partial charge in [-0.2, -0.15) is 10.4 Å². The molecule has 0 spiro atoms. The molecule has 2 rings (SSSR count). The maximum atomic E-state index is 11.5. The minimum absolute atomic E-state index is 0.106. The molecule has 0 fully saturated rings. The van der Waals surface area contributed by atoms with Crippen LogP contribution in [0.15, 0.2) is 24.5 Å². The monoisotopic (exact) mass is 258 g/mol. The molecule has 2 heterocycles. The summed E-state index contributed by atoms with van der Waals surface area (Å²) in [6.45, 7) is 1.99. The fourth-order valence-electron chi connectivity index (χ4n) is 1.42. The second kappa shape index (κ2) is 5.18. The van der Waals surface area contributed by atoms with Crippen molar-refractivity contribution in [1.82, 2.24) is 14.8 Å². The summed E-state index contributed by atoms with van der Waals surface area (Å²) in [6.07, 6.45) is 2.79. The number of nitrogens with zero attached hydrogens (tertiary/aromatic N) is 4. The Balaban J connectivity index is 2.33. The van der Waals surface area contributed by atoms with Crippen LogP contribution in [-0.2, 0) is 4.74 Å². The molecule has 0 saturated heterocycles. The zero-order valence-electron chi connectivity index (χ0n) is 10.1. The van der Waals surface area contributed by atoms with Gasteiger partial charge in [0.15, 0.2) is 17.3 Å². The van der Waals surface area contributed by atoms with Crippen LogP contribution in [0, 0.1) is 11.3 Å². The lowest BCUT2D eigenvalue weighted by atomic mass is 10.3. The first kappa shape index (κ1) is 12.6. The first-order valence-corrected chi connectivity index (χ1v) is 5.48. The van der Waals surface area contributed by atoms with Crippen molar-refractivity contribution >= 4 is 5.97 Å². The predicted molar refractivity (Wildman–Crippen MR) is 63.7 cm³/mol. The molecule has 0 atom stereocenters. The summed E-state index contributed by atoms with van der Waals surface area (Å²) in [7, 11) is 0. The molecule has 0 bridgehead atoms. The first-order chi connectivity index (χ1) is 9.15. The second-order valence-electron chi connectivity index (χ2n) is 3.54. The Morgan fingerprint density at radius 2 is 2.37 bits per heavy atom. The molecular weight excluding hydrogens is 248 g/mol. The van der Waals surface area contributed by atoms with Gasteiger partial charge < -0.3 is 9.84 Å². The lowest BCUT2D eigenvalue weighted by molar-refractivity contribution is 0.0526. The molecule has 0 aliphatic carbocycles. The molecule has 96 valence electrons. The topological polar surface area (TPSA) is 101 Å². The highest BCUT2D eigenvalue weighted by atomic mass is 16.5. The predicted octanol–water partition coefficient (Wildman–Crippen LogP) is 1.02. The van der Waals surface area contributed by atoms with E-state index in [0.29, 0.717) is 5.82 Å². The van der Waals surface area contributed by atoms with Crippen LogP contribution in [0.1, 0.15) is 23.0 Å². The molecule has 0 aliphatic rings. The van der Waals surface area contributed by atoms with Gasteiger partial charge in [0.25, 0.3) is 0 Å². The van der Waals surface area contributed by atoms with Crippen molar-refractivity contribution in [1.29, 1.82) is 5.26 Å². The third kappa shape index (κ3) is 2.52. The first-order valence-electron chi connectivity index (χ1n) is 5.48. The van der Waals surface area contributed by atoms with Crippen LogP contribution in [0.25, 0.3) is 5.82 Å². The highest BCUT2D eigenvalue weighted by molar-refractivity contribution is 5.88. The Morgan fingerprint density at radius 3 is 3.05 bits per heavy atom. The van der Waals surface area contributed by atoms with Gasteiger partial charge in [-0.1, -0.05) is 0 Å². The fourth-order valence-corrected chi connectivity index (χ4v) is 1.42. The van der Waals surface area contributed by atoms with Crippen molar-refractivity contribution < 1.29 is 14.6 Å². The minimum atomic E-state index is -0.479. The van der Waals surface area contributed by atoms with Gasteiger partial charge in [-0.15, -0.1) is 0 Å². The molecular formula is C12H10N4O3. The Hall–Kier alpha value is -2.88. The number of aromatic hydroxyl groups is 1. The van der Waals surface area contributed by atoms with Crippen LogP contribution in [0.4, 0.5) is 0 Å². The number of nitriles is 1. The van der Waals surface area contributed by atoms with Crippen molar-refractivity contribution in [2.24, 2.45) is 0 Å². The summed E-state index contributed by atoms with van der Waals surface area (Å²) in [6, 6.07) is 4.59. The van der Waals surface area contributed by atoms with Gasteiger partial charge in [0, 0.05) is 6.20 Å². The largest absolute Gasteiger partial charge is 0.505 e. The van der Waals surface area contributed by atoms with E-state index in [4.69, 9.17) is 10.00 Å². The molecule has 0 aromatic carbocycles. The molecule has 1 N–H and O–H groups in total. The summed E-state index contributed by atoms with van der Waals surface area (Å²) in [5, 5.41) is 22.1. The average molecular weight is 258 g/mol. The smallest absolute Gasteiger partial charge is 0.341 e. The van der Waals surface area contributed by atoms with Gasteiger partial charge in [0.05, 0.1) is 18.4 Å². The number of hydrogen-bond donors (Lipinski definition) is 1. The molecule has 2 aromatic rings. The van der Waals surface area contributed by atoms with Crippen LogP contribution in [0.5, 0.6) is 5.75 Å². The van der Waals surface area contributed by atoms with Gasteiger partial charge in [-0.3, -0.25) is 0 Å². The van der Waals surface area contributed by atoms with E-state index in [1.165, 1.54) is 29.2 Å². The number of carbonyl (C=O) groups excluding carboxylic acids is 1. The zero-order chi connectivity index (χ0) is 13.8. The van der Waals surface area contributed by atoms with E-state index < -0.39 is 5.97 Å². The molecule has 0 amide bonds. The number of rotatable bonds is 3. The lowest BCUT2D eigenvalue weighted by Gasteiger charge is -2.01. The van der Waals surface area contributed by atoms with Crippen molar-refractivity contribution in [3.63, 3.8) is 0 Å². The van der Waals surface area contributed by atoms with Gasteiger partial charge in [0.2, 0.25) is 0 Å². The Labute approximate surface area is 108 Å². The SMILES string of the molecule is CCOC(=O)c1cnn(-c2ccc(O)c(C#N)n2)c1. The summed E-state index contributed by atoms with van der Waals surface area (Å²) >= 11 is 0. The summed E-state index contributed by atoms with van der Waals surface area (Å²) in [4.78, 5) is 15.4. The highest BCUT2D eigenvalue weighted by Gasteiger charge is 2.11. The van der Waals surface area contributed by atoms with Crippen LogP contribution < -0.4 is 0 Å². The molecule has 0 saturated carbocycles. The number of pyridine rings is 1. The van der Waals surface area contributed by atoms with E-state index in [0.717, 1.165) is 0 Å². The lowest BCUT2D eigenvalue weighted by Crippen LogP contribution is -2.03. The van der Waals surface area contributed by atoms with E-state index in [2.05, 4.69) is 10.1 Å². The van der Waals surface area contributed by atoms with E-state index >= 15 is 0 Å². The molecule has 2 aromatic heterocycles. The van der Waals surface area contributed by atoms with E-state index in [9.17, 15) is 9.90 Å². The molecule has 7 nitrogen and oxygen atoms in total. The Bertz CT molecular complexity index is 657. The van der Waals surface area contributed by atoms with Crippen molar-refractivity contribution in [3.05, 3.63) is 35.8 Å². The number of aromatic nitrogens is 3. The van der Waals surface area contributed by atoms with Gasteiger partial charge in [0.1, 0.15) is 6.07 Å². The maximum absolute atomic E-state index is 11.5. The highest BCUT2D eigenvalue weighted by Crippen LogP contribution is 2.16. The van der Waals surface area contributed by atoms with Gasteiger partial charge in [-0.05, 0) is 19.1 Å². The van der Waals surface area contributed by atoms with E-state index in [-0.39, 0.29) is 23.6 Å². The quantitative estimate of drug-likeness (QED) is 0.825. The van der Waals surface area contributed by atoms with Crippen LogP contribution in [0.3, 0.4) is 0 Å². The number of hydrogen-bond acceptors (Lipinski definition) is 6. The molecule has 0 aliphatic heterocycles. The van der Waals surface area contributed by atoms with Crippen molar-refractivity contribution in [2.45, 2.75) is 6.92 Å². The number of carbonyl (C=O) groups is 1. The Kier molecular flexibility index (Phi) is 3.43. The number of esters is 1. The van der Waals surface area contributed by atoms with Crippen LogP contribution in [-0.4, -0.2) is 32.4 Å². The third-order valence-electron chi connectivity index (χ3n) is 2.29. The molecule has 0 radical (unpaired) electrons. The second-order valence-corrected chi connectivity index (χ2v) is 3.54. The van der Waals surface area contributed by atoms with Crippen molar-refractivity contribution in [3.8, 4) is 17.6 Å². The average Bonchev–Trinajstić information content (AvgIpc) is 2.89. The molecule has 19 heavy (non-hydrogen) atoms. The summed E-state index contributed by atoms with van der Waals surface area (Å²) < 4.78 is 6.16. The van der Waals surface area contributed by atoms with Crippen LogP contribution >= 0.6 is 0 Å². The maximum Gasteiger partial charge on any atom is 0.341 e. The van der Waals surface area contributed by atoms with Gasteiger partial charge >= 0.3 is 5.97 Å². The fraction of sp³-hybridized carbons (Fsp3) is 0.167. The summed E-state index contributed by atoms with van der Waals surface area (Å²) in [5.74, 6) is -0.359. The zero-order valence-corrected chi connectivity index (χ0v) is 10.1. The van der Waals surface area contributed by atoms with E-state index in [1.807, 2.05) is 0 Å². The molecule has 7 heteroatoms. The minimum Gasteiger partial charge on any atom is -0.505 e. The summed E-state index contributed by atoms with van der Waals surface area (Å²) in [5.41, 5.74) is 0.181. The standard InChI is InChI=1S/C12H10N4O3/c1-2-19-12(18)8-6-14-16(7-8)11-4-3-10(17)9(5-13)15-11/h3-4,6-7,17H,2H2,1H3. The number of ether oxygens (including phenoxy) is 1. The third-order valence-corrected chi connectivity index (χ3v) is 2.29. The van der Waals surface area contributed by atoms with Crippen LogP contribution in [0.2, 0.25) is 0 Å².